The predicted molar refractivity (Wildman–Crippen MR) is 116 cm³/mol. The van der Waals surface area contributed by atoms with Crippen molar-refractivity contribution in [2.75, 3.05) is 11.9 Å². The molecule has 0 heterocycles. The normalized spacial score (nSPS) is 10.8. The Morgan fingerprint density at radius 1 is 0.967 bits per heavy atom. The van der Waals surface area contributed by atoms with E-state index in [-0.39, 0.29) is 31.3 Å². The number of amides is 3. The molecular weight excluding hydrogens is 406 g/mol. The monoisotopic (exact) mass is 431 g/mol. The lowest BCUT2D eigenvalue weighted by Crippen LogP contribution is -2.39. The minimum atomic E-state index is -0.652. The van der Waals surface area contributed by atoms with Crippen molar-refractivity contribution in [3.63, 3.8) is 0 Å². The molecule has 0 aliphatic carbocycles. The zero-order valence-electron chi connectivity index (χ0n) is 17.3. The molecule has 0 saturated heterocycles. The van der Waals surface area contributed by atoms with E-state index in [1.165, 1.54) is 0 Å². The van der Waals surface area contributed by atoms with E-state index in [0.717, 1.165) is 11.1 Å². The minimum absolute atomic E-state index is 0.164. The second kappa shape index (κ2) is 10.6. The Labute approximate surface area is 181 Å². The number of rotatable bonds is 7. The Hall–Kier alpha value is -3.06. The third kappa shape index (κ3) is 8.53. The predicted octanol–water partition coefficient (Wildman–Crippen LogP) is 3.66. The third-order valence-electron chi connectivity index (χ3n) is 3.80. The van der Waals surface area contributed by atoms with Crippen LogP contribution in [0.1, 0.15) is 31.9 Å². The van der Waals surface area contributed by atoms with Crippen molar-refractivity contribution in [1.82, 2.24) is 10.6 Å². The van der Waals surface area contributed by atoms with Gasteiger partial charge in [-0.1, -0.05) is 41.9 Å². The van der Waals surface area contributed by atoms with Crippen LogP contribution in [-0.4, -0.2) is 30.1 Å². The van der Waals surface area contributed by atoms with Crippen molar-refractivity contribution in [2.24, 2.45) is 0 Å². The van der Waals surface area contributed by atoms with Crippen LogP contribution in [0, 0.1) is 0 Å². The van der Waals surface area contributed by atoms with Gasteiger partial charge in [0, 0.05) is 17.3 Å². The molecule has 0 saturated carbocycles. The van der Waals surface area contributed by atoms with Gasteiger partial charge in [-0.2, -0.15) is 0 Å². The molecule has 3 amide bonds. The summed E-state index contributed by atoms with van der Waals surface area (Å²) in [5, 5.41) is 8.47. The number of benzene rings is 2. The van der Waals surface area contributed by atoms with Crippen LogP contribution in [0.2, 0.25) is 5.02 Å². The van der Waals surface area contributed by atoms with Crippen LogP contribution < -0.4 is 16.0 Å². The van der Waals surface area contributed by atoms with Gasteiger partial charge in [-0.3, -0.25) is 9.59 Å². The summed E-state index contributed by atoms with van der Waals surface area (Å²) in [5.41, 5.74) is 1.54. The summed E-state index contributed by atoms with van der Waals surface area (Å²) in [4.78, 5) is 35.8. The first-order valence-corrected chi connectivity index (χ1v) is 9.86. The van der Waals surface area contributed by atoms with Crippen molar-refractivity contribution in [3.05, 3.63) is 64.7 Å². The van der Waals surface area contributed by atoms with E-state index in [2.05, 4.69) is 16.0 Å². The van der Waals surface area contributed by atoms with E-state index in [4.69, 9.17) is 16.3 Å². The number of hydrogen-bond acceptors (Lipinski definition) is 4. The Bertz CT molecular complexity index is 909. The summed E-state index contributed by atoms with van der Waals surface area (Å²) < 4.78 is 5.07. The van der Waals surface area contributed by atoms with E-state index < -0.39 is 11.7 Å². The standard InChI is InChI=1S/C22H26ClN3O4/c1-22(2,3)30-21(29)25-14-20(28)24-13-15-7-6-9-17(11-15)26-19(27)12-16-8-4-5-10-18(16)23/h4-11H,12-14H2,1-3H3,(H,24,28)(H,25,29)(H,26,27). The highest BCUT2D eigenvalue weighted by Gasteiger charge is 2.16. The lowest BCUT2D eigenvalue weighted by atomic mass is 10.1. The summed E-state index contributed by atoms with van der Waals surface area (Å²) in [7, 11) is 0. The molecular formula is C22H26ClN3O4. The molecule has 0 aromatic heterocycles. The van der Waals surface area contributed by atoms with Crippen LogP contribution in [0.5, 0.6) is 0 Å². The maximum absolute atomic E-state index is 12.3. The van der Waals surface area contributed by atoms with Crippen LogP contribution in [0.15, 0.2) is 48.5 Å². The molecule has 0 fully saturated rings. The summed E-state index contributed by atoms with van der Waals surface area (Å²) in [6.45, 7) is 5.29. The van der Waals surface area contributed by atoms with Crippen LogP contribution in [0.3, 0.4) is 0 Å². The van der Waals surface area contributed by atoms with Gasteiger partial charge >= 0.3 is 6.09 Å². The number of anilines is 1. The molecule has 160 valence electrons. The molecule has 0 unspecified atom stereocenters. The zero-order valence-corrected chi connectivity index (χ0v) is 18.0. The summed E-state index contributed by atoms with van der Waals surface area (Å²) >= 11 is 6.09. The smallest absolute Gasteiger partial charge is 0.408 e. The highest BCUT2D eigenvalue weighted by molar-refractivity contribution is 6.31. The number of carbonyl (C=O) groups is 3. The lowest BCUT2D eigenvalue weighted by Gasteiger charge is -2.19. The molecule has 30 heavy (non-hydrogen) atoms. The lowest BCUT2D eigenvalue weighted by molar-refractivity contribution is -0.120. The Kier molecular flexibility index (Phi) is 8.24. The van der Waals surface area contributed by atoms with Gasteiger partial charge in [0.2, 0.25) is 11.8 Å². The maximum atomic E-state index is 12.3. The second-order valence-corrected chi connectivity index (χ2v) is 8.06. The summed E-state index contributed by atoms with van der Waals surface area (Å²) in [6.07, 6.45) is -0.488. The molecule has 0 aliphatic heterocycles. The molecule has 2 aromatic carbocycles. The van der Waals surface area contributed by atoms with Gasteiger partial charge in [-0.05, 0) is 50.1 Å². The van der Waals surface area contributed by atoms with Gasteiger partial charge in [0.25, 0.3) is 0 Å². The first kappa shape index (κ1) is 23.2. The highest BCUT2D eigenvalue weighted by atomic mass is 35.5. The second-order valence-electron chi connectivity index (χ2n) is 7.65. The number of halogens is 1. The largest absolute Gasteiger partial charge is 0.444 e. The molecule has 0 spiro atoms. The van der Waals surface area contributed by atoms with Crippen molar-refractivity contribution in [1.29, 1.82) is 0 Å². The van der Waals surface area contributed by atoms with Crippen molar-refractivity contribution in [2.45, 2.75) is 39.3 Å². The van der Waals surface area contributed by atoms with Crippen LogP contribution >= 0.6 is 11.6 Å². The van der Waals surface area contributed by atoms with Gasteiger partial charge in [-0.15, -0.1) is 0 Å². The summed E-state index contributed by atoms with van der Waals surface area (Å²) in [5.74, 6) is -0.542. The van der Waals surface area contributed by atoms with Crippen LogP contribution in [0.25, 0.3) is 0 Å². The van der Waals surface area contributed by atoms with Crippen molar-refractivity contribution < 1.29 is 19.1 Å². The number of carbonyl (C=O) groups excluding carboxylic acids is 3. The van der Waals surface area contributed by atoms with Gasteiger partial charge in [0.1, 0.15) is 12.1 Å². The topological polar surface area (TPSA) is 96.5 Å². The minimum Gasteiger partial charge on any atom is -0.444 e. The maximum Gasteiger partial charge on any atom is 0.408 e. The van der Waals surface area contributed by atoms with E-state index in [9.17, 15) is 14.4 Å². The SMILES string of the molecule is CC(C)(C)OC(=O)NCC(=O)NCc1cccc(NC(=O)Cc2ccccc2Cl)c1. The fourth-order valence-electron chi connectivity index (χ4n) is 2.51. The Morgan fingerprint density at radius 3 is 2.40 bits per heavy atom. The molecule has 2 aromatic rings. The molecule has 8 heteroatoms. The fraction of sp³-hybridized carbons (Fsp3) is 0.318. The number of hydrogen-bond donors (Lipinski definition) is 3. The molecule has 2 rings (SSSR count). The highest BCUT2D eigenvalue weighted by Crippen LogP contribution is 2.17. The molecule has 7 nitrogen and oxygen atoms in total. The van der Waals surface area contributed by atoms with Gasteiger partial charge < -0.3 is 20.7 Å². The molecule has 0 bridgehead atoms. The fourth-order valence-corrected chi connectivity index (χ4v) is 2.71. The molecule has 3 N–H and O–H groups in total. The average molecular weight is 432 g/mol. The molecule has 0 aliphatic rings. The number of alkyl carbamates (subject to hydrolysis) is 1. The van der Waals surface area contributed by atoms with E-state index in [0.29, 0.717) is 10.7 Å². The van der Waals surface area contributed by atoms with E-state index in [1.54, 1.807) is 51.1 Å². The summed E-state index contributed by atoms with van der Waals surface area (Å²) in [6, 6.07) is 14.3. The van der Waals surface area contributed by atoms with Crippen molar-refractivity contribution >= 4 is 35.2 Å². The van der Waals surface area contributed by atoms with Crippen LogP contribution in [-0.2, 0) is 27.3 Å². The average Bonchev–Trinajstić information content (AvgIpc) is 2.65. The Morgan fingerprint density at radius 2 is 1.70 bits per heavy atom. The number of nitrogens with one attached hydrogen (secondary N) is 3. The third-order valence-corrected chi connectivity index (χ3v) is 4.17. The first-order valence-electron chi connectivity index (χ1n) is 9.48. The quantitative estimate of drug-likeness (QED) is 0.623. The van der Waals surface area contributed by atoms with Gasteiger partial charge in [-0.25, -0.2) is 4.79 Å². The van der Waals surface area contributed by atoms with Crippen LogP contribution in [0.4, 0.5) is 10.5 Å². The van der Waals surface area contributed by atoms with Gasteiger partial charge in [0.15, 0.2) is 0 Å². The van der Waals surface area contributed by atoms with Crippen molar-refractivity contribution in [3.8, 4) is 0 Å². The molecule has 0 atom stereocenters. The number of ether oxygens (including phenoxy) is 1. The zero-order chi connectivity index (χ0) is 22.1. The Balaban J connectivity index is 1.81. The van der Waals surface area contributed by atoms with E-state index in [1.807, 2.05) is 18.2 Å². The van der Waals surface area contributed by atoms with E-state index >= 15 is 0 Å². The van der Waals surface area contributed by atoms with Gasteiger partial charge in [0.05, 0.1) is 6.42 Å². The molecule has 0 radical (unpaired) electrons. The first-order chi connectivity index (χ1) is 14.1.